The minimum Gasteiger partial charge on any atom is -0.334 e. The van der Waals surface area contributed by atoms with E-state index in [-0.39, 0.29) is 0 Å². The molecule has 0 saturated heterocycles. The quantitative estimate of drug-likeness (QED) is 0.849. The SMILES string of the molecule is Cc1noc(-c2cccc(CCCN)c2)n1. The molecular weight excluding hydrogens is 202 g/mol. The second kappa shape index (κ2) is 4.90. The fraction of sp³-hybridized carbons (Fsp3) is 0.333. The highest BCUT2D eigenvalue weighted by molar-refractivity contribution is 5.53. The first kappa shape index (κ1) is 10.8. The Morgan fingerprint density at radius 1 is 1.38 bits per heavy atom. The maximum Gasteiger partial charge on any atom is 0.257 e. The number of nitrogens with zero attached hydrogens (tertiary/aromatic N) is 2. The fourth-order valence-corrected chi connectivity index (χ4v) is 1.58. The zero-order chi connectivity index (χ0) is 11.4. The first-order valence-corrected chi connectivity index (χ1v) is 5.39. The zero-order valence-corrected chi connectivity index (χ0v) is 9.31. The van der Waals surface area contributed by atoms with E-state index in [0.29, 0.717) is 18.3 Å². The molecule has 16 heavy (non-hydrogen) atoms. The van der Waals surface area contributed by atoms with E-state index < -0.39 is 0 Å². The van der Waals surface area contributed by atoms with Crippen molar-refractivity contribution in [2.75, 3.05) is 6.54 Å². The van der Waals surface area contributed by atoms with E-state index in [2.05, 4.69) is 22.3 Å². The van der Waals surface area contributed by atoms with Gasteiger partial charge < -0.3 is 10.3 Å². The average Bonchev–Trinajstić information content (AvgIpc) is 2.74. The monoisotopic (exact) mass is 217 g/mol. The molecule has 0 atom stereocenters. The Bertz CT molecular complexity index is 465. The van der Waals surface area contributed by atoms with Crippen molar-refractivity contribution >= 4 is 0 Å². The Hall–Kier alpha value is -1.68. The van der Waals surface area contributed by atoms with Crippen molar-refractivity contribution in [3.8, 4) is 11.5 Å². The minimum atomic E-state index is 0.576. The van der Waals surface area contributed by atoms with Crippen LogP contribution in [0.1, 0.15) is 17.8 Å². The molecule has 1 aromatic heterocycles. The summed E-state index contributed by atoms with van der Waals surface area (Å²) >= 11 is 0. The third-order valence-electron chi connectivity index (χ3n) is 2.37. The van der Waals surface area contributed by atoms with Gasteiger partial charge in [0.15, 0.2) is 5.82 Å². The number of aromatic nitrogens is 2. The number of hydrogen-bond donors (Lipinski definition) is 1. The van der Waals surface area contributed by atoms with Crippen LogP contribution in [0.5, 0.6) is 0 Å². The van der Waals surface area contributed by atoms with Crippen LogP contribution in [0.3, 0.4) is 0 Å². The highest BCUT2D eigenvalue weighted by Crippen LogP contribution is 2.18. The van der Waals surface area contributed by atoms with Gasteiger partial charge in [-0.2, -0.15) is 4.98 Å². The molecule has 0 unspecified atom stereocenters. The van der Waals surface area contributed by atoms with Crippen LogP contribution >= 0.6 is 0 Å². The van der Waals surface area contributed by atoms with E-state index >= 15 is 0 Å². The Balaban J connectivity index is 2.22. The normalized spacial score (nSPS) is 10.6. The highest BCUT2D eigenvalue weighted by Gasteiger charge is 2.06. The summed E-state index contributed by atoms with van der Waals surface area (Å²) in [7, 11) is 0. The highest BCUT2D eigenvalue weighted by atomic mass is 16.5. The fourth-order valence-electron chi connectivity index (χ4n) is 1.58. The van der Waals surface area contributed by atoms with Gasteiger partial charge in [0.25, 0.3) is 5.89 Å². The zero-order valence-electron chi connectivity index (χ0n) is 9.31. The summed E-state index contributed by atoms with van der Waals surface area (Å²) in [6, 6.07) is 8.13. The molecule has 4 heteroatoms. The number of rotatable bonds is 4. The number of nitrogens with two attached hydrogens (primary N) is 1. The summed E-state index contributed by atoms with van der Waals surface area (Å²) in [6.45, 7) is 2.52. The van der Waals surface area contributed by atoms with Crippen LogP contribution in [-0.4, -0.2) is 16.7 Å². The van der Waals surface area contributed by atoms with Crippen LogP contribution < -0.4 is 5.73 Å². The summed E-state index contributed by atoms with van der Waals surface area (Å²) < 4.78 is 5.12. The van der Waals surface area contributed by atoms with Gasteiger partial charge in [0, 0.05) is 5.56 Å². The summed E-state index contributed by atoms with van der Waals surface area (Å²) in [6.07, 6.45) is 1.98. The van der Waals surface area contributed by atoms with Gasteiger partial charge in [0.1, 0.15) is 0 Å². The van der Waals surface area contributed by atoms with E-state index in [4.69, 9.17) is 10.3 Å². The van der Waals surface area contributed by atoms with Crippen molar-refractivity contribution in [2.45, 2.75) is 19.8 Å². The van der Waals surface area contributed by atoms with Crippen molar-refractivity contribution in [2.24, 2.45) is 5.73 Å². The summed E-state index contributed by atoms with van der Waals surface area (Å²) in [5.41, 5.74) is 7.70. The third kappa shape index (κ3) is 2.46. The van der Waals surface area contributed by atoms with Crippen molar-refractivity contribution in [3.05, 3.63) is 35.7 Å². The lowest BCUT2D eigenvalue weighted by Gasteiger charge is -2.01. The van der Waals surface area contributed by atoms with E-state index in [1.54, 1.807) is 0 Å². The largest absolute Gasteiger partial charge is 0.334 e. The average molecular weight is 217 g/mol. The molecule has 1 heterocycles. The van der Waals surface area contributed by atoms with E-state index in [1.807, 2.05) is 19.1 Å². The Labute approximate surface area is 94.5 Å². The second-order valence-corrected chi connectivity index (χ2v) is 3.74. The van der Waals surface area contributed by atoms with Crippen molar-refractivity contribution < 1.29 is 4.52 Å². The molecule has 0 aliphatic rings. The molecule has 2 aromatic rings. The molecule has 0 fully saturated rings. The number of benzene rings is 1. The maximum absolute atomic E-state index is 5.49. The first-order valence-electron chi connectivity index (χ1n) is 5.39. The number of aryl methyl sites for hydroxylation is 2. The van der Waals surface area contributed by atoms with Crippen LogP contribution in [-0.2, 0) is 6.42 Å². The van der Waals surface area contributed by atoms with Gasteiger partial charge in [-0.25, -0.2) is 0 Å². The summed E-state index contributed by atoms with van der Waals surface area (Å²) in [5.74, 6) is 1.23. The van der Waals surface area contributed by atoms with Crippen molar-refractivity contribution in [3.63, 3.8) is 0 Å². The van der Waals surface area contributed by atoms with Crippen molar-refractivity contribution in [1.29, 1.82) is 0 Å². The van der Waals surface area contributed by atoms with Gasteiger partial charge >= 0.3 is 0 Å². The second-order valence-electron chi connectivity index (χ2n) is 3.74. The lowest BCUT2D eigenvalue weighted by Crippen LogP contribution is -2.00. The third-order valence-corrected chi connectivity index (χ3v) is 2.37. The lowest BCUT2D eigenvalue weighted by atomic mass is 10.1. The van der Waals surface area contributed by atoms with Crippen LogP contribution in [0, 0.1) is 6.92 Å². The van der Waals surface area contributed by atoms with Crippen LogP contribution in [0.25, 0.3) is 11.5 Å². The topological polar surface area (TPSA) is 64.9 Å². The van der Waals surface area contributed by atoms with Gasteiger partial charge in [-0.3, -0.25) is 0 Å². The van der Waals surface area contributed by atoms with Crippen LogP contribution in [0.15, 0.2) is 28.8 Å². The molecular formula is C12H15N3O. The molecule has 0 radical (unpaired) electrons. The molecule has 0 saturated carbocycles. The van der Waals surface area contributed by atoms with Gasteiger partial charge in [-0.15, -0.1) is 0 Å². The molecule has 0 spiro atoms. The van der Waals surface area contributed by atoms with Gasteiger partial charge in [0.05, 0.1) is 0 Å². The first-order chi connectivity index (χ1) is 7.79. The minimum absolute atomic E-state index is 0.576. The van der Waals surface area contributed by atoms with E-state index in [1.165, 1.54) is 5.56 Å². The molecule has 84 valence electrons. The Kier molecular flexibility index (Phi) is 3.31. The molecule has 0 bridgehead atoms. The Morgan fingerprint density at radius 2 is 2.25 bits per heavy atom. The van der Waals surface area contributed by atoms with Crippen LogP contribution in [0.2, 0.25) is 0 Å². The number of hydrogen-bond acceptors (Lipinski definition) is 4. The predicted octanol–water partition coefficient (Wildman–Crippen LogP) is 1.94. The van der Waals surface area contributed by atoms with E-state index in [0.717, 1.165) is 18.4 Å². The van der Waals surface area contributed by atoms with E-state index in [9.17, 15) is 0 Å². The standard InChI is InChI=1S/C12H15N3O/c1-9-14-12(16-15-9)11-6-2-4-10(8-11)5-3-7-13/h2,4,6,8H,3,5,7,13H2,1H3. The van der Waals surface area contributed by atoms with Gasteiger partial charge in [-0.05, 0) is 44.0 Å². The Morgan fingerprint density at radius 3 is 2.94 bits per heavy atom. The van der Waals surface area contributed by atoms with Gasteiger partial charge in [0.2, 0.25) is 0 Å². The lowest BCUT2D eigenvalue weighted by molar-refractivity contribution is 0.425. The molecule has 0 aliphatic heterocycles. The van der Waals surface area contributed by atoms with Crippen LogP contribution in [0.4, 0.5) is 0 Å². The van der Waals surface area contributed by atoms with Crippen molar-refractivity contribution in [1.82, 2.24) is 10.1 Å². The molecule has 0 aliphatic carbocycles. The molecule has 1 aromatic carbocycles. The maximum atomic E-state index is 5.49. The summed E-state index contributed by atoms with van der Waals surface area (Å²) in [4.78, 5) is 4.20. The molecule has 0 amide bonds. The molecule has 2 N–H and O–H groups in total. The summed E-state index contributed by atoms with van der Waals surface area (Å²) in [5, 5.41) is 3.78. The van der Waals surface area contributed by atoms with Gasteiger partial charge in [-0.1, -0.05) is 17.3 Å². The molecule has 2 rings (SSSR count). The molecule has 4 nitrogen and oxygen atoms in total. The predicted molar refractivity (Wildman–Crippen MR) is 61.8 cm³/mol. The smallest absolute Gasteiger partial charge is 0.257 e.